The quantitative estimate of drug-likeness (QED) is 0.0455. The van der Waals surface area contributed by atoms with Crippen molar-refractivity contribution in [3.8, 4) is 33.5 Å². The van der Waals surface area contributed by atoms with Crippen molar-refractivity contribution in [2.75, 3.05) is 112 Å². The smallest absolute Gasteiger partial charge is 0.399 e. The van der Waals surface area contributed by atoms with Crippen LogP contribution in [0.5, 0.6) is 0 Å². The van der Waals surface area contributed by atoms with Gasteiger partial charge in [-0.05, 0) is 148 Å². The number of aromatic nitrogens is 6. The predicted octanol–water partition coefficient (Wildman–Crippen LogP) is 10.1. The van der Waals surface area contributed by atoms with E-state index in [-0.39, 0.29) is 44.6 Å². The molecule has 90 heavy (non-hydrogen) atoms. The average Bonchev–Trinajstić information content (AvgIpc) is 1.42. The van der Waals surface area contributed by atoms with Crippen LogP contribution in [0, 0.1) is 25.7 Å². The number of rotatable bonds is 14. The third kappa shape index (κ3) is 17.9. The molecule has 5 fully saturated rings. The number of pyridine rings is 2. The number of ether oxygens (including phenoxy) is 2. The van der Waals surface area contributed by atoms with Gasteiger partial charge in [-0.25, -0.2) is 19.6 Å². The van der Waals surface area contributed by atoms with E-state index in [0.29, 0.717) is 95.1 Å². The zero-order valence-corrected chi connectivity index (χ0v) is 52.2. The number of carbonyl (C=O) groups excluding carboxylic acids is 2. The molecular weight excluding hydrogens is 1200 g/mol. The highest BCUT2D eigenvalue weighted by Crippen LogP contribution is 2.38. The highest BCUT2D eigenvalue weighted by molar-refractivity contribution is 6.62. The van der Waals surface area contributed by atoms with Gasteiger partial charge < -0.3 is 59.2 Å². The largest absolute Gasteiger partial charge is 0.498 e. The second-order valence-electron chi connectivity index (χ2n) is 24.2. The van der Waals surface area contributed by atoms with Crippen LogP contribution in [0.25, 0.3) is 33.5 Å². The molecule has 2 aromatic carbocycles. The molecule has 20 nitrogen and oxygen atoms in total. The summed E-state index contributed by atoms with van der Waals surface area (Å²) in [5.41, 5.74) is 8.44. The molecule has 0 radical (unpaired) electrons. The Kier molecular flexibility index (Phi) is 21.8. The lowest BCUT2D eigenvalue weighted by Gasteiger charge is -2.32. The molecular formula is C62H78BClF6N12O8. The highest BCUT2D eigenvalue weighted by Gasteiger charge is 2.52. The summed E-state index contributed by atoms with van der Waals surface area (Å²) in [7, 11) is -0.382. The number of benzene rings is 2. The number of halogens is 7. The molecule has 6 aromatic rings. The maximum atomic E-state index is 12.9. The van der Waals surface area contributed by atoms with Gasteiger partial charge >= 0.3 is 31.5 Å². The van der Waals surface area contributed by atoms with Gasteiger partial charge in [0.05, 0.1) is 75.8 Å². The molecule has 5 aliphatic rings. The molecule has 0 spiro atoms. The summed E-state index contributed by atoms with van der Waals surface area (Å²) in [6.45, 7) is 19.1. The Morgan fingerprint density at radius 2 is 1.08 bits per heavy atom. The SMILES string of the molecule is CC1(C)OB(c2cnn(CCO)c2)OC1(C)C.Cc1ccc(NC(=O)N2CC[C@@H](CC(F)(F)F)C2)cc1-c1cc(-c2cnn(CCO)c2)nc(N2CCOCC2)c1.Cc1ccc(NC(=O)N2CC[C@@H](CC(F)(F)F)C2)cc1-c1cc(Cl)nc(N2CCOCC2)c1. The first-order valence-corrected chi connectivity index (χ1v) is 30.5. The lowest BCUT2D eigenvalue weighted by atomic mass is 9.82. The number of alkyl halides is 6. The maximum Gasteiger partial charge on any atom is 0.498 e. The number of amides is 4. The van der Waals surface area contributed by atoms with E-state index in [9.17, 15) is 41.0 Å². The number of morpholine rings is 2. The predicted molar refractivity (Wildman–Crippen MR) is 332 cm³/mol. The van der Waals surface area contributed by atoms with Crippen LogP contribution < -0.4 is 25.9 Å². The molecule has 28 heteroatoms. The summed E-state index contributed by atoms with van der Waals surface area (Å²) in [4.78, 5) is 42.1. The zero-order valence-electron chi connectivity index (χ0n) is 51.4. The van der Waals surface area contributed by atoms with E-state index in [0.717, 1.165) is 74.8 Å². The number of nitrogens with one attached hydrogen (secondary N) is 2. The van der Waals surface area contributed by atoms with E-state index in [4.69, 9.17) is 40.5 Å². The van der Waals surface area contributed by atoms with Crippen LogP contribution in [0.4, 0.5) is 58.9 Å². The van der Waals surface area contributed by atoms with Gasteiger partial charge in [0.25, 0.3) is 0 Å². The van der Waals surface area contributed by atoms with Crippen molar-refractivity contribution in [1.82, 2.24) is 39.3 Å². The second-order valence-corrected chi connectivity index (χ2v) is 24.5. The molecule has 5 saturated heterocycles. The Bertz CT molecular complexity index is 3400. The van der Waals surface area contributed by atoms with Gasteiger partial charge in [0.2, 0.25) is 0 Å². The van der Waals surface area contributed by atoms with E-state index in [1.54, 1.807) is 40.0 Å². The lowest BCUT2D eigenvalue weighted by Crippen LogP contribution is -2.41. The monoisotopic (exact) mass is 1280 g/mol. The molecule has 486 valence electrons. The minimum absolute atomic E-state index is 0.0221. The number of hydrogen-bond donors (Lipinski definition) is 4. The van der Waals surface area contributed by atoms with Crippen molar-refractivity contribution in [2.24, 2.45) is 11.8 Å². The number of anilines is 4. The van der Waals surface area contributed by atoms with E-state index in [1.165, 1.54) is 9.80 Å². The third-order valence-corrected chi connectivity index (χ3v) is 17.0. The van der Waals surface area contributed by atoms with Crippen LogP contribution in [0.1, 0.15) is 64.5 Å². The van der Waals surface area contributed by atoms with E-state index in [2.05, 4.69) is 35.6 Å². The zero-order chi connectivity index (χ0) is 64.5. The number of likely N-dealkylation sites (tertiary alicyclic amines) is 2. The molecule has 0 aliphatic carbocycles. The number of carbonyl (C=O) groups is 2. The van der Waals surface area contributed by atoms with Gasteiger partial charge in [-0.1, -0.05) is 23.7 Å². The molecule has 0 saturated carbocycles. The molecule has 0 bridgehead atoms. The number of hydrogen-bond acceptors (Lipinski definition) is 14. The minimum atomic E-state index is -4.23. The number of nitrogens with zero attached hydrogens (tertiary/aromatic N) is 10. The Morgan fingerprint density at radius 1 is 0.622 bits per heavy atom. The standard InChI is InChI=1S/C28H33F3N6O3.C23H26ClF3N4O2.C11H19BN2O3/c1-19-2-3-23(33-27(39)36-5-4-20(17-36)15-28(29,30)31)14-24(19)21-12-25(22-16-32-37(18-22)6-9-38)34-26(13-21)35-7-10-40-11-8-35;1-15-2-3-18(28-22(32)31-5-4-16(14-31)13-23(25,26)27)12-19(15)17-10-20(24)29-21(11-17)30-6-8-33-9-7-30;1-10(2)11(3,4)17-12(16-10)9-7-13-14(8-9)5-6-15/h2-3,12-14,16,18,20,38H,4-11,15,17H2,1H3,(H,33,39);2-3,10-12,16H,4-9,13-14H2,1H3,(H,28,32);7-8,15H,5-6H2,1-4H3/t20-;16-;/m00./s1. The van der Waals surface area contributed by atoms with E-state index < -0.39 is 49.1 Å². The fourth-order valence-corrected chi connectivity index (χ4v) is 11.4. The fourth-order valence-electron chi connectivity index (χ4n) is 11.2. The van der Waals surface area contributed by atoms with Crippen molar-refractivity contribution >= 4 is 59.3 Å². The average molecular weight is 1280 g/mol. The molecule has 5 aliphatic heterocycles. The van der Waals surface area contributed by atoms with Crippen molar-refractivity contribution in [3.05, 3.63) is 102 Å². The normalized spacial score (nSPS) is 19.1. The van der Waals surface area contributed by atoms with Gasteiger partial charge in [0.1, 0.15) is 16.8 Å². The van der Waals surface area contributed by atoms with Gasteiger partial charge in [0, 0.05) is 106 Å². The van der Waals surface area contributed by atoms with Crippen molar-refractivity contribution in [3.63, 3.8) is 0 Å². The third-order valence-electron chi connectivity index (χ3n) is 16.8. The fraction of sp³-hybridized carbons (Fsp3) is 0.516. The Balaban J connectivity index is 0.000000172. The van der Waals surface area contributed by atoms with Crippen LogP contribution in [-0.4, -0.2) is 184 Å². The van der Waals surface area contributed by atoms with Crippen LogP contribution in [0.3, 0.4) is 0 Å². The highest BCUT2D eigenvalue weighted by atomic mass is 35.5. The van der Waals surface area contributed by atoms with E-state index in [1.807, 2.05) is 96.4 Å². The Hall–Kier alpha value is -7.01. The number of aliphatic hydroxyl groups excluding tert-OH is 2. The van der Waals surface area contributed by atoms with Gasteiger partial charge in [-0.15, -0.1) is 0 Å². The van der Waals surface area contributed by atoms with Crippen LogP contribution in [0.2, 0.25) is 5.15 Å². The van der Waals surface area contributed by atoms with Crippen LogP contribution in [0.15, 0.2) is 85.5 Å². The summed E-state index contributed by atoms with van der Waals surface area (Å²) < 4.78 is 102. The Morgan fingerprint density at radius 3 is 1.56 bits per heavy atom. The first-order valence-electron chi connectivity index (χ1n) is 30.2. The molecule has 9 heterocycles. The van der Waals surface area contributed by atoms with Crippen molar-refractivity contribution < 1.29 is 64.9 Å². The van der Waals surface area contributed by atoms with E-state index >= 15 is 0 Å². The minimum Gasteiger partial charge on any atom is -0.399 e. The summed E-state index contributed by atoms with van der Waals surface area (Å²) in [5, 5.41) is 32.7. The van der Waals surface area contributed by atoms with Gasteiger partial charge in [0.15, 0.2) is 0 Å². The molecule has 0 unspecified atom stereocenters. The molecule has 11 rings (SSSR count). The molecule has 4 amide bonds. The van der Waals surface area contributed by atoms with Crippen LogP contribution in [-0.2, 0) is 31.9 Å². The van der Waals surface area contributed by atoms with Gasteiger partial charge in [-0.2, -0.15) is 36.5 Å². The molecule has 4 N–H and O–H groups in total. The molecule has 2 atom stereocenters. The first kappa shape index (κ1) is 67.4. The number of urea groups is 2. The Labute approximate surface area is 524 Å². The van der Waals surface area contributed by atoms with Crippen molar-refractivity contribution in [1.29, 1.82) is 0 Å². The first-order chi connectivity index (χ1) is 42.7. The summed E-state index contributed by atoms with van der Waals surface area (Å²) in [6, 6.07) is 18.1. The van der Waals surface area contributed by atoms with Crippen LogP contribution >= 0.6 is 11.6 Å². The van der Waals surface area contributed by atoms with Crippen molar-refractivity contribution in [2.45, 2.75) is 104 Å². The summed E-state index contributed by atoms with van der Waals surface area (Å²) >= 11 is 6.32. The topological polar surface area (TPSA) is 210 Å². The molecule has 4 aromatic heterocycles. The number of aryl methyl sites for hydroxylation is 2. The number of aliphatic hydroxyl groups is 2. The lowest BCUT2D eigenvalue weighted by molar-refractivity contribution is -0.144. The second kappa shape index (κ2) is 29.1. The summed E-state index contributed by atoms with van der Waals surface area (Å²) in [5.74, 6) is 0.437. The van der Waals surface area contributed by atoms with Gasteiger partial charge in [-0.3, -0.25) is 9.36 Å². The summed E-state index contributed by atoms with van der Waals surface area (Å²) in [6.07, 6.45) is -2.36. The maximum absolute atomic E-state index is 12.9.